The number of amides is 1. The van der Waals surface area contributed by atoms with E-state index in [0.717, 1.165) is 25.7 Å². The number of nitrogens with one attached hydrogen (secondary N) is 1. The summed E-state index contributed by atoms with van der Waals surface area (Å²) < 4.78 is 5.80. The maximum absolute atomic E-state index is 12.1. The lowest BCUT2D eigenvalue weighted by molar-refractivity contribution is 0.0889. The molecule has 2 heterocycles. The Bertz CT molecular complexity index is 598. The number of carbonyl (C=O) groups is 1. The molecular weight excluding hydrogens is 280 g/mol. The van der Waals surface area contributed by atoms with Crippen LogP contribution in [0.15, 0.2) is 43.1 Å². The first-order valence-corrected chi connectivity index (χ1v) is 7.45. The van der Waals surface area contributed by atoms with Crippen LogP contribution in [0.5, 0.6) is 5.88 Å². The second-order valence-electron chi connectivity index (χ2n) is 5.34. The van der Waals surface area contributed by atoms with Crippen molar-refractivity contribution in [1.29, 1.82) is 0 Å². The largest absolute Gasteiger partial charge is 0.473 e. The molecule has 0 saturated heterocycles. The van der Waals surface area contributed by atoms with Crippen molar-refractivity contribution in [3.8, 4) is 5.88 Å². The van der Waals surface area contributed by atoms with Crippen LogP contribution in [0, 0.1) is 0 Å². The zero-order valence-electron chi connectivity index (χ0n) is 12.2. The summed E-state index contributed by atoms with van der Waals surface area (Å²) >= 11 is 0. The zero-order chi connectivity index (χ0) is 15.2. The fraction of sp³-hybridized carbons (Fsp3) is 0.375. The number of ether oxygens (including phenoxy) is 1. The van der Waals surface area contributed by atoms with Gasteiger partial charge in [-0.2, -0.15) is 0 Å². The van der Waals surface area contributed by atoms with Gasteiger partial charge in [-0.05, 0) is 37.8 Å². The molecule has 1 saturated carbocycles. The third kappa shape index (κ3) is 3.78. The number of hydrogen-bond donors (Lipinski definition) is 1. The van der Waals surface area contributed by atoms with Gasteiger partial charge in [0.25, 0.3) is 5.91 Å². The molecule has 1 aliphatic rings. The lowest BCUT2D eigenvalue weighted by Crippen LogP contribution is -2.39. The molecule has 1 aliphatic carbocycles. The van der Waals surface area contributed by atoms with Crippen molar-refractivity contribution < 1.29 is 9.53 Å². The van der Waals surface area contributed by atoms with E-state index in [1.807, 2.05) is 0 Å². The van der Waals surface area contributed by atoms with E-state index in [1.165, 1.54) is 0 Å². The van der Waals surface area contributed by atoms with Gasteiger partial charge in [-0.25, -0.2) is 4.98 Å². The van der Waals surface area contributed by atoms with Gasteiger partial charge < -0.3 is 10.1 Å². The van der Waals surface area contributed by atoms with Crippen LogP contribution in [0.1, 0.15) is 36.0 Å². The number of hydrogen-bond acceptors (Lipinski definition) is 5. The topological polar surface area (TPSA) is 77.0 Å². The van der Waals surface area contributed by atoms with Crippen LogP contribution in [0.2, 0.25) is 0 Å². The van der Waals surface area contributed by atoms with E-state index in [9.17, 15) is 4.79 Å². The van der Waals surface area contributed by atoms with E-state index in [0.29, 0.717) is 11.4 Å². The van der Waals surface area contributed by atoms with E-state index in [1.54, 1.807) is 43.1 Å². The van der Waals surface area contributed by atoms with Crippen molar-refractivity contribution in [2.24, 2.45) is 0 Å². The number of carbonyl (C=O) groups excluding carboxylic acids is 1. The molecule has 1 N–H and O–H groups in total. The minimum atomic E-state index is -0.0410. The van der Waals surface area contributed by atoms with Gasteiger partial charge in [0.05, 0.1) is 6.20 Å². The quantitative estimate of drug-likeness (QED) is 0.934. The summed E-state index contributed by atoms with van der Waals surface area (Å²) in [6.07, 6.45) is 11.9. The molecule has 0 aromatic carbocycles. The molecule has 2 aromatic heterocycles. The molecule has 6 nitrogen and oxygen atoms in total. The van der Waals surface area contributed by atoms with Crippen LogP contribution >= 0.6 is 0 Å². The van der Waals surface area contributed by atoms with E-state index in [4.69, 9.17) is 4.74 Å². The number of aromatic nitrogens is 3. The highest BCUT2D eigenvalue weighted by Gasteiger charge is 2.24. The molecule has 2 aromatic rings. The van der Waals surface area contributed by atoms with Gasteiger partial charge in [0, 0.05) is 36.4 Å². The first kappa shape index (κ1) is 14.4. The second-order valence-corrected chi connectivity index (χ2v) is 5.34. The van der Waals surface area contributed by atoms with Gasteiger partial charge in [-0.3, -0.25) is 14.8 Å². The molecule has 3 rings (SSSR count). The molecular formula is C16H18N4O2. The summed E-state index contributed by atoms with van der Waals surface area (Å²) in [6, 6.07) is 3.64. The van der Waals surface area contributed by atoms with Crippen molar-refractivity contribution in [3.05, 3.63) is 48.7 Å². The van der Waals surface area contributed by atoms with Gasteiger partial charge in [-0.15, -0.1) is 0 Å². The van der Waals surface area contributed by atoms with Crippen LogP contribution in [-0.2, 0) is 0 Å². The Kier molecular flexibility index (Phi) is 4.58. The standard InChI is InChI=1S/C16H18N4O2/c21-16(12-5-7-17-8-6-12)20-13-1-3-14(4-2-13)22-15-11-18-9-10-19-15/h5-11,13-14H,1-4H2,(H,20,21). The fourth-order valence-corrected chi connectivity index (χ4v) is 2.61. The second kappa shape index (κ2) is 6.98. The van der Waals surface area contributed by atoms with Crippen molar-refractivity contribution in [3.63, 3.8) is 0 Å². The van der Waals surface area contributed by atoms with E-state index < -0.39 is 0 Å². The van der Waals surface area contributed by atoms with Crippen LogP contribution < -0.4 is 10.1 Å². The monoisotopic (exact) mass is 298 g/mol. The first-order valence-electron chi connectivity index (χ1n) is 7.45. The minimum Gasteiger partial charge on any atom is -0.473 e. The third-order valence-corrected chi connectivity index (χ3v) is 3.78. The molecule has 1 amide bonds. The van der Waals surface area contributed by atoms with Gasteiger partial charge in [-0.1, -0.05) is 0 Å². The highest BCUT2D eigenvalue weighted by molar-refractivity contribution is 5.94. The molecule has 22 heavy (non-hydrogen) atoms. The Morgan fingerprint density at radius 2 is 1.82 bits per heavy atom. The summed E-state index contributed by atoms with van der Waals surface area (Å²) in [7, 11) is 0. The van der Waals surface area contributed by atoms with Gasteiger partial charge in [0.1, 0.15) is 6.10 Å². The molecule has 6 heteroatoms. The fourth-order valence-electron chi connectivity index (χ4n) is 2.61. The Hall–Kier alpha value is -2.50. The molecule has 0 radical (unpaired) electrons. The number of nitrogens with zero attached hydrogens (tertiary/aromatic N) is 3. The molecule has 0 unspecified atom stereocenters. The Morgan fingerprint density at radius 1 is 1.05 bits per heavy atom. The van der Waals surface area contributed by atoms with Gasteiger partial charge in [0.15, 0.2) is 0 Å². The smallest absolute Gasteiger partial charge is 0.251 e. The van der Waals surface area contributed by atoms with E-state index >= 15 is 0 Å². The summed E-state index contributed by atoms with van der Waals surface area (Å²) in [4.78, 5) is 24.1. The van der Waals surface area contributed by atoms with Crippen molar-refractivity contribution in [1.82, 2.24) is 20.3 Å². The van der Waals surface area contributed by atoms with Crippen molar-refractivity contribution in [2.45, 2.75) is 37.8 Å². The lowest BCUT2D eigenvalue weighted by Gasteiger charge is -2.29. The molecule has 0 aliphatic heterocycles. The average Bonchev–Trinajstić information content (AvgIpc) is 2.58. The average molecular weight is 298 g/mol. The first-order chi connectivity index (χ1) is 10.8. The molecule has 114 valence electrons. The summed E-state index contributed by atoms with van der Waals surface area (Å²) in [6.45, 7) is 0. The molecule has 1 fully saturated rings. The van der Waals surface area contributed by atoms with E-state index in [-0.39, 0.29) is 18.1 Å². The predicted octanol–water partition coefficient (Wildman–Crippen LogP) is 1.99. The van der Waals surface area contributed by atoms with Crippen molar-refractivity contribution >= 4 is 5.91 Å². The molecule has 0 atom stereocenters. The number of pyridine rings is 1. The van der Waals surface area contributed by atoms with Crippen LogP contribution in [0.3, 0.4) is 0 Å². The van der Waals surface area contributed by atoms with Crippen LogP contribution in [-0.4, -0.2) is 33.0 Å². The highest BCUT2D eigenvalue weighted by atomic mass is 16.5. The maximum Gasteiger partial charge on any atom is 0.251 e. The van der Waals surface area contributed by atoms with Gasteiger partial charge in [0.2, 0.25) is 5.88 Å². The Balaban J connectivity index is 1.47. The maximum atomic E-state index is 12.1. The summed E-state index contributed by atoms with van der Waals surface area (Å²) in [5.41, 5.74) is 0.646. The molecule has 0 bridgehead atoms. The lowest BCUT2D eigenvalue weighted by atomic mass is 9.92. The SMILES string of the molecule is O=C(NC1CCC(Oc2cnccn2)CC1)c1ccncc1. The highest BCUT2D eigenvalue weighted by Crippen LogP contribution is 2.22. The summed E-state index contributed by atoms with van der Waals surface area (Å²) in [5, 5.41) is 3.07. The Morgan fingerprint density at radius 3 is 2.50 bits per heavy atom. The van der Waals surface area contributed by atoms with Crippen LogP contribution in [0.4, 0.5) is 0 Å². The number of rotatable bonds is 4. The van der Waals surface area contributed by atoms with E-state index in [2.05, 4.69) is 20.3 Å². The predicted molar refractivity (Wildman–Crippen MR) is 80.4 cm³/mol. The summed E-state index contributed by atoms with van der Waals surface area (Å²) in [5.74, 6) is 0.521. The third-order valence-electron chi connectivity index (χ3n) is 3.78. The minimum absolute atomic E-state index is 0.0410. The zero-order valence-corrected chi connectivity index (χ0v) is 12.2. The molecule has 0 spiro atoms. The normalized spacial score (nSPS) is 21.1. The van der Waals surface area contributed by atoms with Gasteiger partial charge >= 0.3 is 0 Å². The Labute approximate surface area is 129 Å². The van der Waals surface area contributed by atoms with Crippen molar-refractivity contribution in [2.75, 3.05) is 0 Å². The van der Waals surface area contributed by atoms with Crippen LogP contribution in [0.25, 0.3) is 0 Å².